The van der Waals surface area contributed by atoms with Crippen molar-refractivity contribution in [3.63, 3.8) is 0 Å². The van der Waals surface area contributed by atoms with Gasteiger partial charge in [0, 0.05) is 30.9 Å². The molecule has 1 radical (unpaired) electrons. The summed E-state index contributed by atoms with van der Waals surface area (Å²) in [5.41, 5.74) is 6.93. The van der Waals surface area contributed by atoms with Gasteiger partial charge in [0.15, 0.2) is 0 Å². The van der Waals surface area contributed by atoms with Gasteiger partial charge in [-0.05, 0) is 35.9 Å². The van der Waals surface area contributed by atoms with E-state index in [1.807, 2.05) is 0 Å². The minimum absolute atomic E-state index is 0.166. The quantitative estimate of drug-likeness (QED) is 0.940. The van der Waals surface area contributed by atoms with E-state index in [9.17, 15) is 18.0 Å². The van der Waals surface area contributed by atoms with Gasteiger partial charge >= 0.3 is 6.36 Å². The summed E-state index contributed by atoms with van der Waals surface area (Å²) >= 11 is 0. The van der Waals surface area contributed by atoms with Crippen LogP contribution in [-0.4, -0.2) is 26.4 Å². The Kier molecular flexibility index (Phi) is 4.49. The molecular formula is C16H14F3N2O2. The van der Waals surface area contributed by atoms with Crippen LogP contribution < -0.4 is 15.4 Å². The molecule has 0 aliphatic carbocycles. The standard InChI is InChI=1S/C16H14F3N2O2/c1-21(2)14-8-7-10(23-16(17,18)19)9-13(14)11-5-3-4-6-12(11)15(20)22/h3,5-9H,1-2H3,(H2,20,22). The molecule has 0 aliphatic heterocycles. The topological polar surface area (TPSA) is 55.6 Å². The van der Waals surface area contributed by atoms with Crippen molar-refractivity contribution in [3.05, 3.63) is 48.0 Å². The molecule has 0 unspecified atom stereocenters. The summed E-state index contributed by atoms with van der Waals surface area (Å²) in [6.07, 6.45) is -4.80. The van der Waals surface area contributed by atoms with Crippen molar-refractivity contribution >= 4 is 11.6 Å². The first-order valence-corrected chi connectivity index (χ1v) is 6.56. The summed E-state index contributed by atoms with van der Waals surface area (Å²) in [4.78, 5) is 13.3. The van der Waals surface area contributed by atoms with E-state index < -0.39 is 12.3 Å². The highest BCUT2D eigenvalue weighted by Crippen LogP contribution is 2.36. The fourth-order valence-electron chi connectivity index (χ4n) is 2.19. The lowest BCUT2D eigenvalue weighted by Crippen LogP contribution is -2.18. The molecule has 0 aliphatic rings. The second kappa shape index (κ2) is 6.20. The van der Waals surface area contributed by atoms with Gasteiger partial charge in [0.2, 0.25) is 5.91 Å². The van der Waals surface area contributed by atoms with Gasteiger partial charge in [0.25, 0.3) is 0 Å². The summed E-state index contributed by atoms with van der Waals surface area (Å²) in [6, 6.07) is 11.2. The van der Waals surface area contributed by atoms with Crippen LogP contribution in [0.25, 0.3) is 11.1 Å². The van der Waals surface area contributed by atoms with Gasteiger partial charge in [0.05, 0.1) is 0 Å². The molecule has 2 aromatic rings. The maximum Gasteiger partial charge on any atom is 0.573 e. The second-order valence-corrected chi connectivity index (χ2v) is 4.96. The predicted molar refractivity (Wildman–Crippen MR) is 80.2 cm³/mol. The molecule has 1 amide bonds. The largest absolute Gasteiger partial charge is 0.573 e. The smallest absolute Gasteiger partial charge is 0.406 e. The van der Waals surface area contributed by atoms with Gasteiger partial charge in [-0.2, -0.15) is 0 Å². The first-order chi connectivity index (χ1) is 10.7. The number of ether oxygens (including phenoxy) is 1. The number of rotatable bonds is 4. The van der Waals surface area contributed by atoms with Crippen LogP contribution in [0.2, 0.25) is 0 Å². The number of hydrogen-bond donors (Lipinski definition) is 1. The van der Waals surface area contributed by atoms with E-state index in [0.29, 0.717) is 16.8 Å². The van der Waals surface area contributed by atoms with Crippen LogP contribution in [0, 0.1) is 6.07 Å². The van der Waals surface area contributed by atoms with Gasteiger partial charge in [-0.15, -0.1) is 13.2 Å². The van der Waals surface area contributed by atoms with E-state index in [2.05, 4.69) is 10.8 Å². The van der Waals surface area contributed by atoms with Crippen molar-refractivity contribution in [1.82, 2.24) is 0 Å². The van der Waals surface area contributed by atoms with E-state index in [4.69, 9.17) is 5.73 Å². The third-order valence-corrected chi connectivity index (χ3v) is 3.10. The van der Waals surface area contributed by atoms with Crippen LogP contribution in [0.1, 0.15) is 10.4 Å². The first-order valence-electron chi connectivity index (χ1n) is 6.56. The van der Waals surface area contributed by atoms with Gasteiger partial charge in [-0.1, -0.05) is 12.1 Å². The van der Waals surface area contributed by atoms with Crippen LogP contribution in [0.5, 0.6) is 5.75 Å². The number of halogens is 3. The Hall–Kier alpha value is -2.70. The normalized spacial score (nSPS) is 11.2. The lowest BCUT2D eigenvalue weighted by atomic mass is 9.97. The maximum absolute atomic E-state index is 12.4. The van der Waals surface area contributed by atoms with Crippen molar-refractivity contribution in [1.29, 1.82) is 0 Å². The number of hydrogen-bond acceptors (Lipinski definition) is 3. The molecule has 2 aromatic carbocycles. The predicted octanol–water partition coefficient (Wildman–Crippen LogP) is 3.22. The Morgan fingerprint density at radius 2 is 1.91 bits per heavy atom. The highest BCUT2D eigenvalue weighted by molar-refractivity contribution is 6.01. The summed E-state index contributed by atoms with van der Waals surface area (Å²) in [5, 5.41) is 0. The van der Waals surface area contributed by atoms with E-state index in [1.54, 1.807) is 31.1 Å². The molecule has 2 rings (SSSR count). The van der Waals surface area contributed by atoms with E-state index in [1.165, 1.54) is 24.3 Å². The average Bonchev–Trinajstić information content (AvgIpc) is 2.45. The number of primary amides is 1. The number of benzene rings is 2. The molecule has 4 nitrogen and oxygen atoms in total. The number of carbonyl (C=O) groups excluding carboxylic acids is 1. The van der Waals surface area contributed by atoms with Crippen molar-refractivity contribution in [2.45, 2.75) is 6.36 Å². The maximum atomic E-state index is 12.4. The molecule has 121 valence electrons. The molecular weight excluding hydrogens is 309 g/mol. The summed E-state index contributed by atoms with van der Waals surface area (Å²) in [7, 11) is 3.48. The highest BCUT2D eigenvalue weighted by Gasteiger charge is 2.31. The fraction of sp³-hybridized carbons (Fsp3) is 0.188. The van der Waals surface area contributed by atoms with Crippen LogP contribution in [0.3, 0.4) is 0 Å². The zero-order chi connectivity index (χ0) is 17.2. The zero-order valence-corrected chi connectivity index (χ0v) is 12.4. The zero-order valence-electron chi connectivity index (χ0n) is 12.4. The average molecular weight is 323 g/mol. The SMILES string of the molecule is CN(C)c1ccc(OC(F)(F)F)cc1-c1cc[c]cc1C(N)=O. The molecule has 0 bridgehead atoms. The third kappa shape index (κ3) is 3.94. The minimum Gasteiger partial charge on any atom is -0.406 e. The summed E-state index contributed by atoms with van der Waals surface area (Å²) < 4.78 is 41.2. The van der Waals surface area contributed by atoms with E-state index >= 15 is 0 Å². The number of nitrogens with zero attached hydrogens (tertiary/aromatic N) is 1. The molecule has 23 heavy (non-hydrogen) atoms. The van der Waals surface area contributed by atoms with Crippen molar-refractivity contribution in [2.75, 3.05) is 19.0 Å². The molecule has 0 saturated heterocycles. The fourth-order valence-corrected chi connectivity index (χ4v) is 2.19. The van der Waals surface area contributed by atoms with E-state index in [-0.39, 0.29) is 11.3 Å². The highest BCUT2D eigenvalue weighted by atomic mass is 19.4. The number of amides is 1. The molecule has 0 saturated carbocycles. The Morgan fingerprint density at radius 1 is 1.22 bits per heavy atom. The lowest BCUT2D eigenvalue weighted by molar-refractivity contribution is -0.274. The minimum atomic E-state index is -4.80. The molecule has 7 heteroatoms. The molecule has 0 atom stereocenters. The van der Waals surface area contributed by atoms with Crippen molar-refractivity contribution in [2.24, 2.45) is 5.73 Å². The second-order valence-electron chi connectivity index (χ2n) is 4.96. The Balaban J connectivity index is 2.64. The van der Waals surface area contributed by atoms with Gasteiger partial charge < -0.3 is 15.4 Å². The van der Waals surface area contributed by atoms with Crippen LogP contribution >= 0.6 is 0 Å². The molecule has 0 fully saturated rings. The van der Waals surface area contributed by atoms with Crippen LogP contribution in [0.4, 0.5) is 18.9 Å². The van der Waals surface area contributed by atoms with Crippen LogP contribution in [-0.2, 0) is 0 Å². The molecule has 0 heterocycles. The van der Waals surface area contributed by atoms with Crippen molar-refractivity contribution < 1.29 is 22.7 Å². The molecule has 0 aromatic heterocycles. The number of carbonyl (C=O) groups is 1. The number of alkyl halides is 3. The van der Waals surface area contributed by atoms with Crippen LogP contribution in [0.15, 0.2) is 36.4 Å². The lowest BCUT2D eigenvalue weighted by Gasteiger charge is -2.20. The van der Waals surface area contributed by atoms with Gasteiger partial charge in [-0.3, -0.25) is 4.79 Å². The molecule has 0 spiro atoms. The Morgan fingerprint density at radius 3 is 2.48 bits per heavy atom. The Labute approximate surface area is 131 Å². The summed E-state index contributed by atoms with van der Waals surface area (Å²) in [5.74, 6) is -1.06. The summed E-state index contributed by atoms with van der Waals surface area (Å²) in [6.45, 7) is 0. The van der Waals surface area contributed by atoms with Gasteiger partial charge in [0.1, 0.15) is 5.75 Å². The molecule has 2 N–H and O–H groups in total. The van der Waals surface area contributed by atoms with E-state index in [0.717, 1.165) is 0 Å². The number of nitrogens with two attached hydrogens (primary N) is 1. The van der Waals surface area contributed by atoms with Crippen molar-refractivity contribution in [3.8, 4) is 16.9 Å². The van der Waals surface area contributed by atoms with Gasteiger partial charge in [-0.25, -0.2) is 0 Å². The monoisotopic (exact) mass is 323 g/mol. The number of anilines is 1. The Bertz CT molecular complexity index is 728. The first kappa shape index (κ1) is 16.7. The third-order valence-electron chi connectivity index (χ3n) is 3.10.